The third-order valence-corrected chi connectivity index (χ3v) is 4.70. The van der Waals surface area contributed by atoms with Crippen molar-refractivity contribution < 1.29 is 18.1 Å². The summed E-state index contributed by atoms with van der Waals surface area (Å²) in [6, 6.07) is 6.24. The van der Waals surface area contributed by atoms with Gasteiger partial charge in [-0.2, -0.15) is 4.40 Å². The molecule has 122 valence electrons. The Kier molecular flexibility index (Phi) is 5.47. The van der Waals surface area contributed by atoms with Crippen LogP contribution in [0.15, 0.2) is 28.7 Å². The van der Waals surface area contributed by atoms with Crippen molar-refractivity contribution in [1.29, 1.82) is 0 Å². The smallest absolute Gasteiger partial charge is 0.195 e. The molecule has 0 amide bonds. The first-order valence-electron chi connectivity index (χ1n) is 7.32. The first-order valence-corrected chi connectivity index (χ1v) is 8.43. The zero-order chi connectivity index (χ0) is 16.2. The van der Waals surface area contributed by atoms with Crippen LogP contribution in [0, 0.1) is 5.82 Å². The van der Waals surface area contributed by atoms with Gasteiger partial charge in [0.05, 0.1) is 18.0 Å². The fourth-order valence-electron chi connectivity index (χ4n) is 2.17. The van der Waals surface area contributed by atoms with Gasteiger partial charge in [0.25, 0.3) is 0 Å². The van der Waals surface area contributed by atoms with Gasteiger partial charge < -0.3 is 9.47 Å². The van der Waals surface area contributed by atoms with E-state index in [1.54, 1.807) is 18.3 Å². The Morgan fingerprint density at radius 2 is 2.05 bits per heavy atom. The van der Waals surface area contributed by atoms with Crippen molar-refractivity contribution in [2.24, 2.45) is 4.40 Å². The van der Waals surface area contributed by atoms with Crippen LogP contribution < -0.4 is 0 Å². The number of hydrogen-bond donors (Lipinski definition) is 0. The van der Waals surface area contributed by atoms with Crippen molar-refractivity contribution >= 4 is 17.2 Å². The monoisotopic (exact) mass is 327 g/mol. The summed E-state index contributed by atoms with van der Waals surface area (Å²) in [7, 11) is -1.27. The average molecular weight is 327 g/mol. The molecule has 1 saturated heterocycles. The predicted octanol–water partition coefficient (Wildman–Crippen LogP) is 3.34. The Labute approximate surface area is 133 Å². The zero-order valence-electron chi connectivity index (χ0n) is 13.2. The summed E-state index contributed by atoms with van der Waals surface area (Å²) in [4.78, 5) is 0. The standard InChI is InChI=1S/C16H22FNO3S/c1-15(2,3)22(19)18-9-5-8-16(20-10-11-21-16)13-6-4-7-14(17)12-13/h4,6-7,9,12H,5,8,10-11H2,1-3H3. The number of nitrogens with zero attached hydrogens (tertiary/aromatic N) is 1. The van der Waals surface area contributed by atoms with Crippen molar-refractivity contribution in [2.45, 2.75) is 44.1 Å². The molecule has 0 aromatic heterocycles. The molecule has 0 aliphatic carbocycles. The molecule has 1 unspecified atom stereocenters. The molecule has 0 saturated carbocycles. The molecule has 0 spiro atoms. The summed E-state index contributed by atoms with van der Waals surface area (Å²) < 4.78 is 40.4. The summed E-state index contributed by atoms with van der Waals surface area (Å²) in [5, 5.41) is 0. The minimum atomic E-state index is -1.27. The lowest BCUT2D eigenvalue weighted by atomic mass is 10.0. The molecule has 1 aromatic rings. The van der Waals surface area contributed by atoms with Gasteiger partial charge in [-0.1, -0.05) is 12.1 Å². The summed E-state index contributed by atoms with van der Waals surface area (Å²) in [5.74, 6) is -1.25. The molecule has 1 aromatic carbocycles. The Morgan fingerprint density at radius 3 is 2.64 bits per heavy atom. The van der Waals surface area contributed by atoms with E-state index in [-0.39, 0.29) is 10.6 Å². The lowest BCUT2D eigenvalue weighted by Crippen LogP contribution is -2.27. The third-order valence-electron chi connectivity index (χ3n) is 3.31. The van der Waals surface area contributed by atoms with E-state index in [1.165, 1.54) is 12.1 Å². The van der Waals surface area contributed by atoms with Gasteiger partial charge in [-0.3, -0.25) is 0 Å². The van der Waals surface area contributed by atoms with Crippen LogP contribution in [0.1, 0.15) is 39.2 Å². The summed E-state index contributed by atoms with van der Waals surface area (Å²) in [6.45, 7) is 6.57. The second-order valence-corrected chi connectivity index (χ2v) is 8.08. The van der Waals surface area contributed by atoms with E-state index in [4.69, 9.17) is 9.47 Å². The molecule has 6 heteroatoms. The van der Waals surface area contributed by atoms with Crippen LogP contribution in [-0.2, 0) is 26.2 Å². The van der Waals surface area contributed by atoms with Gasteiger partial charge in [-0.15, -0.1) is 0 Å². The zero-order valence-corrected chi connectivity index (χ0v) is 14.0. The number of hydrogen-bond acceptors (Lipinski definition) is 3. The fourth-order valence-corrected chi connectivity index (χ4v) is 2.73. The van der Waals surface area contributed by atoms with E-state index in [2.05, 4.69) is 4.40 Å². The Balaban J connectivity index is 2.04. The summed E-state index contributed by atoms with van der Waals surface area (Å²) in [6.07, 6.45) is 2.67. The molecule has 4 nitrogen and oxygen atoms in total. The van der Waals surface area contributed by atoms with Crippen molar-refractivity contribution in [2.75, 3.05) is 13.2 Å². The van der Waals surface area contributed by atoms with Crippen LogP contribution >= 0.6 is 0 Å². The van der Waals surface area contributed by atoms with E-state index in [0.29, 0.717) is 31.6 Å². The molecule has 1 atom stereocenters. The maximum absolute atomic E-state index is 13.4. The third kappa shape index (κ3) is 4.21. The molecule has 1 heterocycles. The number of ether oxygens (including phenoxy) is 2. The van der Waals surface area contributed by atoms with Crippen LogP contribution in [0.25, 0.3) is 0 Å². The van der Waals surface area contributed by atoms with Crippen molar-refractivity contribution in [1.82, 2.24) is 0 Å². The number of benzene rings is 1. The number of halogens is 1. The molecule has 0 radical (unpaired) electrons. The van der Waals surface area contributed by atoms with Crippen molar-refractivity contribution in [3.8, 4) is 0 Å². The van der Waals surface area contributed by atoms with Gasteiger partial charge in [0, 0.05) is 18.2 Å². The number of rotatable bonds is 5. The van der Waals surface area contributed by atoms with Crippen LogP contribution in [0.4, 0.5) is 4.39 Å². The van der Waals surface area contributed by atoms with Crippen LogP contribution in [0.3, 0.4) is 0 Å². The van der Waals surface area contributed by atoms with Crippen LogP contribution in [-0.4, -0.2) is 28.4 Å². The topological polar surface area (TPSA) is 47.9 Å². The lowest BCUT2D eigenvalue weighted by Gasteiger charge is -2.27. The van der Waals surface area contributed by atoms with E-state index in [1.807, 2.05) is 20.8 Å². The largest absolute Gasteiger partial charge is 0.343 e. The van der Waals surface area contributed by atoms with Gasteiger partial charge in [0.15, 0.2) is 5.79 Å². The molecular formula is C16H22FNO3S. The van der Waals surface area contributed by atoms with E-state index in [9.17, 15) is 8.60 Å². The molecule has 1 aliphatic rings. The SMILES string of the molecule is CC(C)(C)S(=O)N=CCCC1(c2cccc(F)c2)OCCO1. The second-order valence-electron chi connectivity index (χ2n) is 6.15. The maximum atomic E-state index is 13.4. The summed E-state index contributed by atoms with van der Waals surface area (Å²) in [5.41, 5.74) is 0.662. The van der Waals surface area contributed by atoms with Crippen LogP contribution in [0.5, 0.6) is 0 Å². The molecular weight excluding hydrogens is 305 g/mol. The van der Waals surface area contributed by atoms with E-state index >= 15 is 0 Å². The van der Waals surface area contributed by atoms with Crippen LogP contribution in [0.2, 0.25) is 0 Å². The Morgan fingerprint density at radius 1 is 1.36 bits per heavy atom. The first-order chi connectivity index (χ1) is 10.3. The fraction of sp³-hybridized carbons (Fsp3) is 0.562. The minimum absolute atomic E-state index is 0.321. The average Bonchev–Trinajstić information content (AvgIpc) is 2.92. The summed E-state index contributed by atoms with van der Waals surface area (Å²) >= 11 is 0. The predicted molar refractivity (Wildman–Crippen MR) is 85.6 cm³/mol. The molecule has 0 bridgehead atoms. The van der Waals surface area contributed by atoms with E-state index < -0.39 is 16.8 Å². The van der Waals surface area contributed by atoms with Gasteiger partial charge >= 0.3 is 0 Å². The lowest BCUT2D eigenvalue weighted by molar-refractivity contribution is -0.169. The first kappa shape index (κ1) is 17.2. The highest BCUT2D eigenvalue weighted by molar-refractivity contribution is 7.85. The molecule has 2 rings (SSSR count). The highest BCUT2D eigenvalue weighted by Crippen LogP contribution is 2.36. The minimum Gasteiger partial charge on any atom is -0.343 e. The van der Waals surface area contributed by atoms with Crippen molar-refractivity contribution in [3.05, 3.63) is 35.6 Å². The second kappa shape index (κ2) is 6.98. The highest BCUT2D eigenvalue weighted by Gasteiger charge is 2.38. The molecule has 0 N–H and O–H groups in total. The maximum Gasteiger partial charge on any atom is 0.195 e. The quantitative estimate of drug-likeness (QED) is 0.779. The van der Waals surface area contributed by atoms with Gasteiger partial charge in [-0.25, -0.2) is 8.60 Å². The highest BCUT2D eigenvalue weighted by atomic mass is 32.2. The molecule has 1 aliphatic heterocycles. The van der Waals surface area contributed by atoms with Gasteiger partial charge in [-0.05, 0) is 39.3 Å². The molecule has 22 heavy (non-hydrogen) atoms. The Hall–Kier alpha value is -1.11. The molecule has 1 fully saturated rings. The van der Waals surface area contributed by atoms with Gasteiger partial charge in [0.1, 0.15) is 16.8 Å². The van der Waals surface area contributed by atoms with Crippen molar-refractivity contribution in [3.63, 3.8) is 0 Å². The van der Waals surface area contributed by atoms with Gasteiger partial charge in [0.2, 0.25) is 0 Å². The van der Waals surface area contributed by atoms with E-state index in [0.717, 1.165) is 0 Å². The normalized spacial score (nSPS) is 19.6. The Bertz CT molecular complexity index is 563.